The molecule has 21 heavy (non-hydrogen) atoms. The Kier molecular flexibility index (Phi) is 4.48. The second kappa shape index (κ2) is 6.34. The van der Waals surface area contributed by atoms with Gasteiger partial charge in [0, 0.05) is 28.9 Å². The topological polar surface area (TPSA) is 28.4 Å². The summed E-state index contributed by atoms with van der Waals surface area (Å²) in [6, 6.07) is 7.23. The predicted octanol–water partition coefficient (Wildman–Crippen LogP) is 3.84. The molecule has 3 nitrogen and oxygen atoms in total. The standard InChI is InChI=1S/C17H24N2OS/c1-12-4-7-16(20-12)11-19(3)10-14-8-17(21-13(14)2)9-18-15-5-6-15/h4,7-8,15,18H,5-6,9-11H2,1-3H3. The molecule has 1 aliphatic rings. The van der Waals surface area contributed by atoms with Crippen LogP contribution in [0.15, 0.2) is 22.6 Å². The summed E-state index contributed by atoms with van der Waals surface area (Å²) in [7, 11) is 2.15. The summed E-state index contributed by atoms with van der Waals surface area (Å²) in [5.74, 6) is 2.03. The zero-order chi connectivity index (χ0) is 14.8. The van der Waals surface area contributed by atoms with Crippen LogP contribution in [0.1, 0.15) is 39.7 Å². The molecule has 0 spiro atoms. The molecule has 1 fully saturated rings. The highest BCUT2D eigenvalue weighted by Crippen LogP contribution is 2.25. The molecule has 0 radical (unpaired) electrons. The van der Waals surface area contributed by atoms with Crippen molar-refractivity contribution in [2.75, 3.05) is 7.05 Å². The van der Waals surface area contributed by atoms with Crippen molar-refractivity contribution in [1.29, 1.82) is 0 Å². The van der Waals surface area contributed by atoms with Crippen molar-refractivity contribution in [3.8, 4) is 0 Å². The van der Waals surface area contributed by atoms with Gasteiger partial charge in [-0.05, 0) is 57.5 Å². The van der Waals surface area contributed by atoms with Crippen molar-refractivity contribution in [3.63, 3.8) is 0 Å². The second-order valence-corrected chi connectivity index (χ2v) is 7.47. The summed E-state index contributed by atoms with van der Waals surface area (Å²) < 4.78 is 5.65. The lowest BCUT2D eigenvalue weighted by Gasteiger charge is -2.14. The maximum absolute atomic E-state index is 5.65. The molecule has 0 bridgehead atoms. The zero-order valence-corrected chi connectivity index (χ0v) is 13.9. The van der Waals surface area contributed by atoms with Crippen LogP contribution in [0.25, 0.3) is 0 Å². The third kappa shape index (κ3) is 4.19. The van der Waals surface area contributed by atoms with Crippen molar-refractivity contribution in [2.45, 2.75) is 52.4 Å². The number of hydrogen-bond donors (Lipinski definition) is 1. The number of furan rings is 1. The highest BCUT2D eigenvalue weighted by Gasteiger charge is 2.20. The van der Waals surface area contributed by atoms with Crippen LogP contribution in [-0.4, -0.2) is 18.0 Å². The van der Waals surface area contributed by atoms with E-state index in [0.29, 0.717) is 0 Å². The SMILES string of the molecule is Cc1ccc(CN(C)Cc2cc(CNC3CC3)sc2C)o1. The van der Waals surface area contributed by atoms with E-state index < -0.39 is 0 Å². The molecule has 0 aromatic carbocycles. The molecule has 2 aromatic heterocycles. The summed E-state index contributed by atoms with van der Waals surface area (Å²) in [5.41, 5.74) is 1.44. The van der Waals surface area contributed by atoms with Crippen molar-refractivity contribution in [1.82, 2.24) is 10.2 Å². The van der Waals surface area contributed by atoms with E-state index in [1.165, 1.54) is 28.2 Å². The van der Waals surface area contributed by atoms with Crippen LogP contribution in [0, 0.1) is 13.8 Å². The van der Waals surface area contributed by atoms with Crippen LogP contribution >= 0.6 is 11.3 Å². The monoisotopic (exact) mass is 304 g/mol. The fourth-order valence-electron chi connectivity index (χ4n) is 2.55. The lowest BCUT2D eigenvalue weighted by molar-refractivity contribution is 0.285. The first-order chi connectivity index (χ1) is 10.1. The average Bonchev–Trinajstić information content (AvgIpc) is 3.08. The highest BCUT2D eigenvalue weighted by atomic mass is 32.1. The Hall–Kier alpha value is -1.10. The van der Waals surface area contributed by atoms with E-state index in [1.807, 2.05) is 24.3 Å². The van der Waals surface area contributed by atoms with E-state index in [1.54, 1.807) is 0 Å². The minimum absolute atomic E-state index is 0.778. The molecule has 0 saturated heterocycles. The molecule has 0 atom stereocenters. The molecule has 1 N–H and O–H groups in total. The van der Waals surface area contributed by atoms with Gasteiger partial charge < -0.3 is 9.73 Å². The molecule has 0 amide bonds. The Bertz CT molecular complexity index is 598. The molecule has 1 aliphatic carbocycles. The van der Waals surface area contributed by atoms with Crippen LogP contribution in [0.2, 0.25) is 0 Å². The van der Waals surface area contributed by atoms with Gasteiger partial charge in [-0.25, -0.2) is 0 Å². The maximum Gasteiger partial charge on any atom is 0.118 e. The minimum atomic E-state index is 0.778. The summed E-state index contributed by atoms with van der Waals surface area (Å²) in [5, 5.41) is 3.59. The second-order valence-electron chi connectivity index (χ2n) is 6.13. The lowest BCUT2D eigenvalue weighted by atomic mass is 10.2. The fourth-order valence-corrected chi connectivity index (χ4v) is 3.55. The van der Waals surface area contributed by atoms with Crippen molar-refractivity contribution in [2.24, 2.45) is 0 Å². The largest absolute Gasteiger partial charge is 0.465 e. The first kappa shape index (κ1) is 14.8. The highest BCUT2D eigenvalue weighted by molar-refractivity contribution is 7.12. The fraction of sp³-hybridized carbons (Fsp3) is 0.529. The number of rotatable bonds is 7. The average molecular weight is 304 g/mol. The summed E-state index contributed by atoms with van der Waals surface area (Å²) in [6.45, 7) is 7.08. The lowest BCUT2D eigenvalue weighted by Crippen LogP contribution is -2.17. The molecule has 2 aromatic rings. The van der Waals surface area contributed by atoms with Crippen LogP contribution in [0.4, 0.5) is 0 Å². The van der Waals surface area contributed by atoms with Gasteiger partial charge in [0.2, 0.25) is 0 Å². The van der Waals surface area contributed by atoms with Crippen LogP contribution in [-0.2, 0) is 19.6 Å². The Morgan fingerprint density at radius 1 is 1.29 bits per heavy atom. The molecule has 1 saturated carbocycles. The van der Waals surface area contributed by atoms with Gasteiger partial charge in [0.05, 0.1) is 6.54 Å². The van der Waals surface area contributed by atoms with Crippen molar-refractivity contribution < 1.29 is 4.42 Å². The summed E-state index contributed by atoms with van der Waals surface area (Å²) in [4.78, 5) is 5.20. The Labute approximate surface area is 131 Å². The Balaban J connectivity index is 1.55. The van der Waals surface area contributed by atoms with E-state index in [0.717, 1.165) is 37.2 Å². The van der Waals surface area contributed by atoms with Gasteiger partial charge in [0.25, 0.3) is 0 Å². The van der Waals surface area contributed by atoms with Gasteiger partial charge in [-0.1, -0.05) is 0 Å². The molecule has 0 aliphatic heterocycles. The molecule has 2 heterocycles. The van der Waals surface area contributed by atoms with Crippen LogP contribution in [0.3, 0.4) is 0 Å². The molecule has 3 rings (SSSR count). The van der Waals surface area contributed by atoms with Gasteiger partial charge in [-0.15, -0.1) is 11.3 Å². The minimum Gasteiger partial charge on any atom is -0.465 e. The Morgan fingerprint density at radius 2 is 2.10 bits per heavy atom. The van der Waals surface area contributed by atoms with E-state index in [2.05, 4.69) is 36.3 Å². The van der Waals surface area contributed by atoms with E-state index in [9.17, 15) is 0 Å². The number of nitrogens with zero attached hydrogens (tertiary/aromatic N) is 1. The normalized spacial score (nSPS) is 15.0. The zero-order valence-electron chi connectivity index (χ0n) is 13.1. The van der Waals surface area contributed by atoms with Crippen molar-refractivity contribution >= 4 is 11.3 Å². The molecular weight excluding hydrogens is 280 g/mol. The Morgan fingerprint density at radius 3 is 2.76 bits per heavy atom. The third-order valence-electron chi connectivity index (χ3n) is 3.88. The molecule has 4 heteroatoms. The smallest absolute Gasteiger partial charge is 0.118 e. The van der Waals surface area contributed by atoms with Crippen molar-refractivity contribution in [3.05, 3.63) is 45.0 Å². The summed E-state index contributed by atoms with van der Waals surface area (Å²) >= 11 is 1.92. The molecule has 114 valence electrons. The summed E-state index contributed by atoms with van der Waals surface area (Å²) in [6.07, 6.45) is 2.70. The number of thiophene rings is 1. The first-order valence-electron chi connectivity index (χ1n) is 7.65. The van der Waals surface area contributed by atoms with Crippen LogP contribution in [0.5, 0.6) is 0 Å². The predicted molar refractivity (Wildman–Crippen MR) is 87.5 cm³/mol. The van der Waals surface area contributed by atoms with E-state index in [-0.39, 0.29) is 0 Å². The quantitative estimate of drug-likeness (QED) is 0.842. The third-order valence-corrected chi connectivity index (χ3v) is 4.97. The van der Waals surface area contributed by atoms with Gasteiger partial charge in [0.1, 0.15) is 11.5 Å². The van der Waals surface area contributed by atoms with E-state index in [4.69, 9.17) is 4.42 Å². The van der Waals surface area contributed by atoms with Gasteiger partial charge in [-0.3, -0.25) is 4.90 Å². The van der Waals surface area contributed by atoms with Gasteiger partial charge in [-0.2, -0.15) is 0 Å². The van der Waals surface area contributed by atoms with Crippen LogP contribution < -0.4 is 5.32 Å². The number of aryl methyl sites for hydroxylation is 2. The number of hydrogen-bond acceptors (Lipinski definition) is 4. The maximum atomic E-state index is 5.65. The van der Waals surface area contributed by atoms with E-state index >= 15 is 0 Å². The first-order valence-corrected chi connectivity index (χ1v) is 8.47. The number of nitrogens with one attached hydrogen (secondary N) is 1. The van der Waals surface area contributed by atoms with Gasteiger partial charge >= 0.3 is 0 Å². The van der Waals surface area contributed by atoms with Gasteiger partial charge in [0.15, 0.2) is 0 Å². The molecular formula is C17H24N2OS. The molecule has 0 unspecified atom stereocenters.